The third-order valence-corrected chi connectivity index (χ3v) is 3.26. The molecule has 0 amide bonds. The van der Waals surface area contributed by atoms with Crippen LogP contribution in [0.15, 0.2) is 36.4 Å². The van der Waals surface area contributed by atoms with Crippen molar-refractivity contribution in [2.75, 3.05) is 7.11 Å². The Morgan fingerprint density at radius 2 is 1.95 bits per heavy atom. The average molecular weight is 277 g/mol. The summed E-state index contributed by atoms with van der Waals surface area (Å²) in [6, 6.07) is 9.14. The predicted molar refractivity (Wildman–Crippen MR) is 74.7 cm³/mol. The van der Waals surface area contributed by atoms with Crippen molar-refractivity contribution in [3.8, 4) is 5.75 Å². The number of halogens is 2. The first-order chi connectivity index (χ1) is 9.52. The van der Waals surface area contributed by atoms with Gasteiger partial charge in [0.1, 0.15) is 5.75 Å². The minimum atomic E-state index is -0.883. The summed E-state index contributed by atoms with van der Waals surface area (Å²) in [6.07, 6.45) is 0.380. The largest absolute Gasteiger partial charge is 0.496 e. The molecule has 1 atom stereocenters. The van der Waals surface area contributed by atoms with E-state index in [1.165, 1.54) is 12.1 Å². The molecule has 0 aliphatic heterocycles. The maximum atomic E-state index is 13.7. The van der Waals surface area contributed by atoms with Crippen molar-refractivity contribution in [3.05, 3.63) is 64.7 Å². The van der Waals surface area contributed by atoms with Crippen molar-refractivity contribution in [2.45, 2.75) is 19.4 Å². The third kappa shape index (κ3) is 2.96. The fraction of sp³-hybridized carbons (Fsp3) is 0.250. The minimum Gasteiger partial charge on any atom is -0.496 e. The van der Waals surface area contributed by atoms with Crippen LogP contribution in [-0.2, 0) is 6.42 Å². The first-order valence-electron chi connectivity index (χ1n) is 6.36. The Morgan fingerprint density at radius 3 is 2.65 bits per heavy atom. The highest BCUT2D eigenvalue weighted by Gasteiger charge is 2.16. The summed E-state index contributed by atoms with van der Waals surface area (Å²) in [4.78, 5) is 0. The van der Waals surface area contributed by atoms with Gasteiger partial charge in [0, 0.05) is 11.6 Å². The molecule has 4 heteroatoms. The van der Waals surface area contributed by atoms with Gasteiger partial charge in [0.15, 0.2) is 11.6 Å². The second-order valence-corrected chi connectivity index (χ2v) is 4.77. The standard InChI is InChI=1S/C16H17F2NO/c1-10-6-7-15(20-2)11(8-10)9-14(19)12-4-3-5-13(17)16(12)18/h3-8,14H,9,19H2,1-2H3. The van der Waals surface area contributed by atoms with E-state index in [4.69, 9.17) is 10.5 Å². The molecule has 0 aliphatic carbocycles. The first-order valence-corrected chi connectivity index (χ1v) is 6.36. The lowest BCUT2D eigenvalue weighted by Gasteiger charge is -2.16. The second kappa shape index (κ2) is 6.01. The van der Waals surface area contributed by atoms with Crippen LogP contribution in [0.1, 0.15) is 22.7 Å². The molecule has 0 radical (unpaired) electrons. The minimum absolute atomic E-state index is 0.175. The summed E-state index contributed by atoms with van der Waals surface area (Å²) in [7, 11) is 1.57. The molecule has 0 spiro atoms. The van der Waals surface area contributed by atoms with Crippen molar-refractivity contribution in [1.29, 1.82) is 0 Å². The molecule has 20 heavy (non-hydrogen) atoms. The number of nitrogens with two attached hydrogens (primary N) is 1. The van der Waals surface area contributed by atoms with Gasteiger partial charge in [-0.2, -0.15) is 0 Å². The van der Waals surface area contributed by atoms with Gasteiger partial charge in [-0.1, -0.05) is 29.8 Å². The van der Waals surface area contributed by atoms with Gasteiger partial charge in [-0.15, -0.1) is 0 Å². The smallest absolute Gasteiger partial charge is 0.163 e. The van der Waals surface area contributed by atoms with Crippen molar-refractivity contribution >= 4 is 0 Å². The van der Waals surface area contributed by atoms with Gasteiger partial charge < -0.3 is 10.5 Å². The van der Waals surface area contributed by atoms with Crippen LogP contribution in [0.3, 0.4) is 0 Å². The number of hydrogen-bond acceptors (Lipinski definition) is 2. The fourth-order valence-corrected chi connectivity index (χ4v) is 2.22. The van der Waals surface area contributed by atoms with Crippen LogP contribution in [0.5, 0.6) is 5.75 Å². The second-order valence-electron chi connectivity index (χ2n) is 4.77. The van der Waals surface area contributed by atoms with E-state index < -0.39 is 17.7 Å². The Balaban J connectivity index is 2.30. The highest BCUT2D eigenvalue weighted by Crippen LogP contribution is 2.26. The number of hydrogen-bond donors (Lipinski definition) is 1. The molecule has 0 heterocycles. The summed E-state index contributed by atoms with van der Waals surface area (Å²) < 4.78 is 32.2. The Kier molecular flexibility index (Phi) is 4.35. The maximum Gasteiger partial charge on any atom is 0.163 e. The SMILES string of the molecule is COc1ccc(C)cc1CC(N)c1cccc(F)c1F. The zero-order valence-corrected chi connectivity index (χ0v) is 11.5. The van der Waals surface area contributed by atoms with Gasteiger partial charge in [0.25, 0.3) is 0 Å². The summed E-state index contributed by atoms with van der Waals surface area (Å²) in [5, 5.41) is 0. The molecule has 2 aromatic carbocycles. The molecule has 2 N–H and O–H groups in total. The number of aryl methyl sites for hydroxylation is 1. The lowest BCUT2D eigenvalue weighted by Crippen LogP contribution is -2.16. The van der Waals surface area contributed by atoms with E-state index in [1.807, 2.05) is 25.1 Å². The van der Waals surface area contributed by atoms with Crippen LogP contribution >= 0.6 is 0 Å². The maximum absolute atomic E-state index is 13.7. The molecule has 2 nitrogen and oxygen atoms in total. The van der Waals surface area contributed by atoms with Crippen LogP contribution in [0, 0.1) is 18.6 Å². The topological polar surface area (TPSA) is 35.2 Å². The van der Waals surface area contributed by atoms with Gasteiger partial charge >= 0.3 is 0 Å². The molecule has 0 aromatic heterocycles. The average Bonchev–Trinajstić information content (AvgIpc) is 2.42. The van der Waals surface area contributed by atoms with Crippen molar-refractivity contribution in [3.63, 3.8) is 0 Å². The molecular weight excluding hydrogens is 260 g/mol. The summed E-state index contributed by atoms with van der Waals surface area (Å²) in [6.45, 7) is 1.96. The van der Waals surface area contributed by atoms with E-state index in [0.29, 0.717) is 12.2 Å². The molecule has 0 fully saturated rings. The van der Waals surface area contributed by atoms with E-state index >= 15 is 0 Å². The van der Waals surface area contributed by atoms with Crippen LogP contribution < -0.4 is 10.5 Å². The van der Waals surface area contributed by atoms with Gasteiger partial charge in [0.05, 0.1) is 7.11 Å². The number of ether oxygens (including phenoxy) is 1. The Morgan fingerprint density at radius 1 is 1.20 bits per heavy atom. The van der Waals surface area contributed by atoms with Crippen molar-refractivity contribution in [1.82, 2.24) is 0 Å². The molecular formula is C16H17F2NO. The molecule has 1 unspecified atom stereocenters. The lowest BCUT2D eigenvalue weighted by atomic mass is 9.97. The first kappa shape index (κ1) is 14.5. The summed E-state index contributed by atoms with van der Waals surface area (Å²) >= 11 is 0. The van der Waals surface area contributed by atoms with Gasteiger partial charge in [-0.25, -0.2) is 8.78 Å². The third-order valence-electron chi connectivity index (χ3n) is 3.26. The zero-order chi connectivity index (χ0) is 14.7. The van der Waals surface area contributed by atoms with E-state index in [0.717, 1.165) is 17.2 Å². The van der Waals surface area contributed by atoms with Gasteiger partial charge in [0.2, 0.25) is 0 Å². The molecule has 0 aliphatic rings. The lowest BCUT2D eigenvalue weighted by molar-refractivity contribution is 0.407. The molecule has 0 saturated heterocycles. The van der Waals surface area contributed by atoms with Gasteiger partial charge in [-0.05, 0) is 31.0 Å². The quantitative estimate of drug-likeness (QED) is 0.928. The molecule has 0 saturated carbocycles. The highest BCUT2D eigenvalue weighted by molar-refractivity contribution is 5.38. The summed E-state index contributed by atoms with van der Waals surface area (Å²) in [5.74, 6) is -1.07. The number of methoxy groups -OCH3 is 1. The van der Waals surface area contributed by atoms with Crippen LogP contribution in [-0.4, -0.2) is 7.11 Å². The zero-order valence-electron chi connectivity index (χ0n) is 11.5. The van der Waals surface area contributed by atoms with Crippen LogP contribution in [0.4, 0.5) is 8.78 Å². The predicted octanol–water partition coefficient (Wildman–Crippen LogP) is 3.52. The number of rotatable bonds is 4. The Labute approximate surface area is 117 Å². The van der Waals surface area contributed by atoms with Crippen LogP contribution in [0.2, 0.25) is 0 Å². The monoisotopic (exact) mass is 277 g/mol. The van der Waals surface area contributed by atoms with E-state index in [1.54, 1.807) is 7.11 Å². The molecule has 2 aromatic rings. The summed E-state index contributed by atoms with van der Waals surface area (Å²) in [5.41, 5.74) is 8.12. The molecule has 0 bridgehead atoms. The molecule has 2 rings (SSSR count). The van der Waals surface area contributed by atoms with E-state index in [2.05, 4.69) is 0 Å². The normalized spacial score (nSPS) is 12.2. The molecule has 106 valence electrons. The fourth-order valence-electron chi connectivity index (χ4n) is 2.22. The Bertz CT molecular complexity index is 613. The van der Waals surface area contributed by atoms with E-state index in [9.17, 15) is 8.78 Å². The van der Waals surface area contributed by atoms with Crippen LogP contribution in [0.25, 0.3) is 0 Å². The van der Waals surface area contributed by atoms with Crippen molar-refractivity contribution < 1.29 is 13.5 Å². The van der Waals surface area contributed by atoms with E-state index in [-0.39, 0.29) is 5.56 Å². The van der Waals surface area contributed by atoms with Crippen molar-refractivity contribution in [2.24, 2.45) is 5.73 Å². The number of benzene rings is 2. The highest BCUT2D eigenvalue weighted by atomic mass is 19.2. The van der Waals surface area contributed by atoms with Gasteiger partial charge in [-0.3, -0.25) is 0 Å². The Hall–Kier alpha value is -1.94.